The molecule has 0 saturated carbocycles. The monoisotopic (exact) mass is 466 g/mol. The van der Waals surface area contributed by atoms with Crippen LogP contribution >= 0.6 is 0 Å². The number of rotatable bonds is 6. The van der Waals surface area contributed by atoms with Crippen LogP contribution in [0.5, 0.6) is 5.75 Å². The summed E-state index contributed by atoms with van der Waals surface area (Å²) in [6.45, 7) is 13.7. The lowest BCUT2D eigenvalue weighted by molar-refractivity contribution is 0.414. The maximum Gasteiger partial charge on any atom is 0.165 e. The first-order valence-corrected chi connectivity index (χ1v) is 12.4. The minimum atomic E-state index is 0.755. The number of aryl methyl sites for hydroxylation is 6. The molecular weight excluding hydrogens is 432 g/mol. The molecule has 0 aliphatic carbocycles. The van der Waals surface area contributed by atoms with Gasteiger partial charge in [-0.1, -0.05) is 43.2 Å². The van der Waals surface area contributed by atoms with Crippen molar-refractivity contribution in [3.8, 4) is 16.9 Å². The van der Waals surface area contributed by atoms with Crippen molar-refractivity contribution >= 4 is 16.7 Å². The Morgan fingerprint density at radius 2 is 1.63 bits per heavy atom. The number of hydrogen-bond donors (Lipinski definition) is 0. The predicted molar refractivity (Wildman–Crippen MR) is 144 cm³/mol. The van der Waals surface area contributed by atoms with Crippen LogP contribution in [0.25, 0.3) is 27.8 Å². The second-order valence-electron chi connectivity index (χ2n) is 9.73. The van der Waals surface area contributed by atoms with E-state index in [1.807, 2.05) is 6.07 Å². The van der Waals surface area contributed by atoms with E-state index in [-0.39, 0.29) is 0 Å². The molecule has 0 saturated heterocycles. The average molecular weight is 467 g/mol. The first kappa shape index (κ1) is 23.2. The molecule has 0 fully saturated rings. The Hall–Kier alpha value is -3.60. The number of benzene rings is 2. The van der Waals surface area contributed by atoms with Crippen molar-refractivity contribution in [3.63, 3.8) is 0 Å². The van der Waals surface area contributed by atoms with Crippen LogP contribution < -0.4 is 4.74 Å². The Labute approximate surface area is 207 Å². The van der Waals surface area contributed by atoms with Gasteiger partial charge in [0.15, 0.2) is 5.65 Å². The summed E-state index contributed by atoms with van der Waals surface area (Å²) in [4.78, 5) is 5.12. The molecular formula is C30H34N4O. The highest BCUT2D eigenvalue weighted by Crippen LogP contribution is 2.36. The lowest BCUT2D eigenvalue weighted by atomic mass is 9.94. The van der Waals surface area contributed by atoms with E-state index in [2.05, 4.69) is 87.0 Å². The van der Waals surface area contributed by atoms with Crippen molar-refractivity contribution in [2.75, 3.05) is 7.11 Å². The molecule has 0 bridgehead atoms. The van der Waals surface area contributed by atoms with Gasteiger partial charge in [-0.25, -0.2) is 4.98 Å². The average Bonchev–Trinajstić information content (AvgIpc) is 3.32. The van der Waals surface area contributed by atoms with Crippen molar-refractivity contribution in [1.82, 2.24) is 19.2 Å². The Bertz CT molecular complexity index is 1550. The highest BCUT2D eigenvalue weighted by atomic mass is 16.5. The number of methoxy groups -OCH3 is 1. The van der Waals surface area contributed by atoms with Gasteiger partial charge >= 0.3 is 0 Å². The third-order valence-electron chi connectivity index (χ3n) is 6.96. The minimum Gasteiger partial charge on any atom is -0.497 e. The van der Waals surface area contributed by atoms with Gasteiger partial charge in [0.1, 0.15) is 11.4 Å². The van der Waals surface area contributed by atoms with E-state index in [1.54, 1.807) is 7.11 Å². The molecule has 3 aromatic heterocycles. The summed E-state index contributed by atoms with van der Waals surface area (Å²) in [5.41, 5.74) is 12.8. The van der Waals surface area contributed by atoms with Crippen LogP contribution in [0.15, 0.2) is 42.5 Å². The number of hydrogen-bond acceptors (Lipinski definition) is 3. The summed E-state index contributed by atoms with van der Waals surface area (Å²) in [7, 11) is 1.72. The van der Waals surface area contributed by atoms with Crippen LogP contribution in [0.3, 0.4) is 0 Å². The fraction of sp³-hybridized carbons (Fsp3) is 0.333. The van der Waals surface area contributed by atoms with E-state index in [1.165, 1.54) is 33.5 Å². The third-order valence-corrected chi connectivity index (χ3v) is 6.96. The van der Waals surface area contributed by atoms with Gasteiger partial charge in [0.25, 0.3) is 0 Å². The maximum atomic E-state index is 5.49. The summed E-state index contributed by atoms with van der Waals surface area (Å²) in [6.07, 6.45) is 2.08. The number of fused-ring (bicyclic) bond motifs is 3. The molecule has 5 aromatic rings. The summed E-state index contributed by atoms with van der Waals surface area (Å²) in [6, 6.07) is 15.1. The summed E-state index contributed by atoms with van der Waals surface area (Å²) >= 11 is 0. The van der Waals surface area contributed by atoms with Crippen LogP contribution in [0, 0.1) is 34.6 Å². The molecule has 0 radical (unpaired) electrons. The molecule has 5 heteroatoms. The van der Waals surface area contributed by atoms with E-state index >= 15 is 0 Å². The molecule has 0 N–H and O–H groups in total. The first-order valence-electron chi connectivity index (χ1n) is 12.4. The third kappa shape index (κ3) is 3.89. The predicted octanol–water partition coefficient (Wildman–Crippen LogP) is 6.90. The molecule has 0 aliphatic heterocycles. The van der Waals surface area contributed by atoms with E-state index in [9.17, 15) is 0 Å². The minimum absolute atomic E-state index is 0.755. The molecule has 0 atom stereocenters. The van der Waals surface area contributed by atoms with Crippen molar-refractivity contribution in [3.05, 3.63) is 81.8 Å². The molecule has 3 heterocycles. The molecule has 5 nitrogen and oxygen atoms in total. The van der Waals surface area contributed by atoms with E-state index in [0.717, 1.165) is 58.8 Å². The number of ether oxygens (including phenoxy) is 1. The molecule has 0 spiro atoms. The highest BCUT2D eigenvalue weighted by Gasteiger charge is 2.22. The Kier molecular flexibility index (Phi) is 5.87. The van der Waals surface area contributed by atoms with Crippen LogP contribution in [0.1, 0.15) is 52.7 Å². The van der Waals surface area contributed by atoms with Crippen LogP contribution in [-0.4, -0.2) is 26.3 Å². The van der Waals surface area contributed by atoms with Crippen LogP contribution in [0.4, 0.5) is 0 Å². The van der Waals surface area contributed by atoms with Gasteiger partial charge in [-0.15, -0.1) is 0 Å². The van der Waals surface area contributed by atoms with Crippen LogP contribution in [0.2, 0.25) is 0 Å². The SMILES string of the molecule is CCCc1cc2c(C)nc3c(-c4c(C)cc(C)cc4C)c(C)nn3c2n1Cc1cccc(OC)c1. The van der Waals surface area contributed by atoms with Gasteiger partial charge in [0.2, 0.25) is 0 Å². The quantitative estimate of drug-likeness (QED) is 0.273. The number of nitrogens with zero attached hydrogens (tertiary/aromatic N) is 4. The normalized spacial score (nSPS) is 11.6. The molecule has 2 aromatic carbocycles. The maximum absolute atomic E-state index is 5.49. The molecule has 0 aliphatic rings. The Balaban J connectivity index is 1.81. The Morgan fingerprint density at radius 1 is 0.886 bits per heavy atom. The lowest BCUT2D eigenvalue weighted by Gasteiger charge is -2.13. The summed E-state index contributed by atoms with van der Waals surface area (Å²) in [5, 5.41) is 6.24. The zero-order chi connectivity index (χ0) is 24.9. The molecule has 0 unspecified atom stereocenters. The van der Waals surface area contributed by atoms with Gasteiger partial charge in [-0.05, 0) is 81.5 Å². The second kappa shape index (κ2) is 8.88. The molecule has 0 amide bonds. The smallest absolute Gasteiger partial charge is 0.165 e. The van der Waals surface area contributed by atoms with Crippen molar-refractivity contribution in [2.24, 2.45) is 0 Å². The molecule has 35 heavy (non-hydrogen) atoms. The standard InChI is InChI=1S/C30H34N4O/c1-8-10-24-16-26-21(5)31-29-28(27-19(3)13-18(2)14-20(27)4)22(6)32-34(29)30(26)33(24)17-23-11-9-12-25(15-23)35-7/h9,11-16H,8,10,17H2,1-7H3. The van der Waals surface area contributed by atoms with Crippen molar-refractivity contribution in [2.45, 2.75) is 60.9 Å². The highest BCUT2D eigenvalue weighted by molar-refractivity contribution is 5.90. The zero-order valence-electron chi connectivity index (χ0n) is 21.9. The van der Waals surface area contributed by atoms with E-state index in [0.29, 0.717) is 0 Å². The van der Waals surface area contributed by atoms with Gasteiger partial charge in [-0.2, -0.15) is 9.61 Å². The summed E-state index contributed by atoms with van der Waals surface area (Å²) < 4.78 is 9.98. The van der Waals surface area contributed by atoms with Gasteiger partial charge in [0, 0.05) is 17.6 Å². The second-order valence-corrected chi connectivity index (χ2v) is 9.73. The molecule has 5 rings (SSSR count). The zero-order valence-corrected chi connectivity index (χ0v) is 21.9. The van der Waals surface area contributed by atoms with E-state index in [4.69, 9.17) is 14.8 Å². The van der Waals surface area contributed by atoms with Gasteiger partial charge in [0.05, 0.1) is 24.1 Å². The fourth-order valence-electron chi connectivity index (χ4n) is 5.53. The van der Waals surface area contributed by atoms with E-state index < -0.39 is 0 Å². The Morgan fingerprint density at radius 3 is 2.31 bits per heavy atom. The lowest BCUT2D eigenvalue weighted by Crippen LogP contribution is -2.08. The fourth-order valence-corrected chi connectivity index (χ4v) is 5.53. The molecule has 180 valence electrons. The van der Waals surface area contributed by atoms with Gasteiger partial charge in [-0.3, -0.25) is 0 Å². The van der Waals surface area contributed by atoms with Crippen molar-refractivity contribution in [1.29, 1.82) is 0 Å². The summed E-state index contributed by atoms with van der Waals surface area (Å²) in [5.74, 6) is 0.876. The van der Waals surface area contributed by atoms with Crippen LogP contribution in [-0.2, 0) is 13.0 Å². The topological polar surface area (TPSA) is 44.4 Å². The first-order chi connectivity index (χ1) is 16.8. The van der Waals surface area contributed by atoms with Crippen molar-refractivity contribution < 1.29 is 4.74 Å². The van der Waals surface area contributed by atoms with Gasteiger partial charge < -0.3 is 9.30 Å². The number of aromatic nitrogens is 4. The largest absolute Gasteiger partial charge is 0.497 e.